The number of aliphatic hydroxyl groups is 1. The number of H-pyrrole nitrogens is 1. The zero-order valence-electron chi connectivity index (χ0n) is 15.3. The van der Waals surface area contributed by atoms with Crippen LogP contribution in [0.5, 0.6) is 0 Å². The van der Waals surface area contributed by atoms with Gasteiger partial charge in [-0.25, -0.2) is 4.68 Å². The molecule has 1 atom stereocenters. The predicted molar refractivity (Wildman–Crippen MR) is 104 cm³/mol. The Morgan fingerprint density at radius 3 is 2.89 bits per heavy atom. The number of hydrogen-bond acceptors (Lipinski definition) is 5. The quantitative estimate of drug-likeness (QED) is 0.553. The van der Waals surface area contributed by atoms with E-state index >= 15 is 0 Å². The van der Waals surface area contributed by atoms with Gasteiger partial charge < -0.3 is 20.7 Å². The molecular formula is C20H19N5O3. The van der Waals surface area contributed by atoms with Crippen LogP contribution in [0.25, 0.3) is 16.7 Å². The first-order valence-corrected chi connectivity index (χ1v) is 8.81. The number of nitrogens with one attached hydrogen (secondary N) is 1. The van der Waals surface area contributed by atoms with E-state index in [1.54, 1.807) is 12.1 Å². The number of carbonyl (C=O) groups is 1. The summed E-state index contributed by atoms with van der Waals surface area (Å²) in [7, 11) is 1.95. The number of hydrogen-bond donors (Lipinski definition) is 3. The summed E-state index contributed by atoms with van der Waals surface area (Å²) in [4.78, 5) is 28.0. The number of likely N-dealkylation sites (tertiary alicyclic amines) is 1. The van der Waals surface area contributed by atoms with Gasteiger partial charge in [-0.2, -0.15) is 5.10 Å². The molecule has 1 aromatic carbocycles. The minimum absolute atomic E-state index is 0.00695. The SMILES string of the molecule is CN1CC[C@@](O)(C#Cc2cccc(-n3nc(C(N)=O)c4[nH]c(=O)ccc43)c2)C1. The molecule has 3 aromatic rings. The van der Waals surface area contributed by atoms with Gasteiger partial charge in [0.05, 0.1) is 11.2 Å². The lowest BCUT2D eigenvalue weighted by Crippen LogP contribution is -2.29. The predicted octanol–water partition coefficient (Wildman–Crippen LogP) is 0.231. The number of fused-ring (bicyclic) bond motifs is 1. The minimum Gasteiger partial charge on any atom is -0.376 e. The standard InChI is InChI=1S/C20H19N5O3/c1-24-10-9-20(28,12-24)8-7-13-3-2-4-14(11-13)25-15-5-6-16(26)22-17(15)18(23-25)19(21)27/h2-6,11,28H,9-10,12H2,1H3,(H2,21,27)(H,22,26)/t20-/m0/s1. The van der Waals surface area contributed by atoms with Gasteiger partial charge >= 0.3 is 0 Å². The molecule has 0 radical (unpaired) electrons. The number of likely N-dealkylation sites (N-methyl/N-ethyl adjacent to an activating group) is 1. The van der Waals surface area contributed by atoms with E-state index in [9.17, 15) is 14.7 Å². The first kappa shape index (κ1) is 18.0. The van der Waals surface area contributed by atoms with Crippen LogP contribution >= 0.6 is 0 Å². The number of nitrogens with two attached hydrogens (primary N) is 1. The monoisotopic (exact) mass is 377 g/mol. The number of β-amino-alcohol motifs (C(OH)–C–C–N with tert-alkyl or cyclic N) is 1. The average Bonchev–Trinajstić information content (AvgIpc) is 3.20. The fraction of sp³-hybridized carbons (Fsp3) is 0.250. The lowest BCUT2D eigenvalue weighted by atomic mass is 10.0. The zero-order chi connectivity index (χ0) is 19.9. The molecule has 1 amide bonds. The van der Waals surface area contributed by atoms with Crippen molar-refractivity contribution in [3.8, 4) is 17.5 Å². The first-order valence-electron chi connectivity index (χ1n) is 8.81. The maximum absolute atomic E-state index is 11.7. The number of primary amides is 1. The van der Waals surface area contributed by atoms with E-state index in [0.29, 0.717) is 35.2 Å². The van der Waals surface area contributed by atoms with Crippen LogP contribution in [0.4, 0.5) is 0 Å². The number of aromatic amines is 1. The fourth-order valence-electron chi connectivity index (χ4n) is 3.38. The van der Waals surface area contributed by atoms with Crippen molar-refractivity contribution in [2.75, 3.05) is 20.1 Å². The van der Waals surface area contributed by atoms with Gasteiger partial charge in [0.25, 0.3) is 5.91 Å². The number of nitrogens with zero attached hydrogens (tertiary/aromatic N) is 3. The highest BCUT2D eigenvalue weighted by Gasteiger charge is 2.32. The molecule has 2 aromatic heterocycles. The largest absolute Gasteiger partial charge is 0.376 e. The third-order valence-corrected chi connectivity index (χ3v) is 4.76. The van der Waals surface area contributed by atoms with E-state index in [-0.39, 0.29) is 11.3 Å². The smallest absolute Gasteiger partial charge is 0.271 e. The zero-order valence-corrected chi connectivity index (χ0v) is 15.3. The van der Waals surface area contributed by atoms with E-state index in [1.807, 2.05) is 30.1 Å². The highest BCUT2D eigenvalue weighted by Crippen LogP contribution is 2.21. The number of benzene rings is 1. The third kappa shape index (κ3) is 3.29. The highest BCUT2D eigenvalue weighted by atomic mass is 16.3. The average molecular weight is 377 g/mol. The van der Waals surface area contributed by atoms with Crippen molar-refractivity contribution in [3.63, 3.8) is 0 Å². The molecule has 142 valence electrons. The molecule has 1 aliphatic rings. The van der Waals surface area contributed by atoms with Gasteiger partial charge in [-0.3, -0.25) is 9.59 Å². The summed E-state index contributed by atoms with van der Waals surface area (Å²) in [5.74, 6) is 5.26. The summed E-state index contributed by atoms with van der Waals surface area (Å²) >= 11 is 0. The molecule has 0 saturated carbocycles. The molecule has 0 aliphatic carbocycles. The minimum atomic E-state index is -1.01. The molecule has 1 aliphatic heterocycles. The van der Waals surface area contributed by atoms with E-state index < -0.39 is 11.5 Å². The highest BCUT2D eigenvalue weighted by molar-refractivity contribution is 6.02. The van der Waals surface area contributed by atoms with Crippen LogP contribution in [0, 0.1) is 11.8 Å². The van der Waals surface area contributed by atoms with Gasteiger partial charge in [0, 0.05) is 31.1 Å². The molecular weight excluding hydrogens is 358 g/mol. The molecule has 0 bridgehead atoms. The van der Waals surface area contributed by atoms with E-state index in [2.05, 4.69) is 21.9 Å². The summed E-state index contributed by atoms with van der Waals surface area (Å²) in [6.07, 6.45) is 0.606. The second-order valence-corrected chi connectivity index (χ2v) is 7.03. The molecule has 4 N–H and O–H groups in total. The lowest BCUT2D eigenvalue weighted by Gasteiger charge is -2.14. The van der Waals surface area contributed by atoms with Crippen LogP contribution in [-0.4, -0.2) is 56.4 Å². The van der Waals surface area contributed by atoms with Crippen LogP contribution in [0.2, 0.25) is 0 Å². The van der Waals surface area contributed by atoms with E-state index in [4.69, 9.17) is 5.73 Å². The Morgan fingerprint density at radius 1 is 1.36 bits per heavy atom. The van der Waals surface area contributed by atoms with Crippen LogP contribution in [0.15, 0.2) is 41.2 Å². The van der Waals surface area contributed by atoms with E-state index in [0.717, 1.165) is 6.54 Å². The molecule has 1 fully saturated rings. The maximum atomic E-state index is 11.7. The first-order chi connectivity index (χ1) is 13.3. The molecule has 0 spiro atoms. The van der Waals surface area contributed by atoms with Crippen molar-refractivity contribution in [3.05, 3.63) is 58.0 Å². The maximum Gasteiger partial charge on any atom is 0.271 e. The van der Waals surface area contributed by atoms with Crippen molar-refractivity contribution >= 4 is 16.9 Å². The number of pyridine rings is 1. The van der Waals surface area contributed by atoms with Gasteiger partial charge in [0.2, 0.25) is 5.56 Å². The Hall–Kier alpha value is -3.41. The second-order valence-electron chi connectivity index (χ2n) is 7.03. The fourth-order valence-corrected chi connectivity index (χ4v) is 3.38. The van der Waals surface area contributed by atoms with Crippen LogP contribution in [-0.2, 0) is 0 Å². The molecule has 3 heterocycles. The van der Waals surface area contributed by atoms with Crippen LogP contribution in [0.3, 0.4) is 0 Å². The molecule has 28 heavy (non-hydrogen) atoms. The topological polar surface area (TPSA) is 117 Å². The molecule has 0 unspecified atom stereocenters. The van der Waals surface area contributed by atoms with Gasteiger partial charge in [-0.05, 0) is 31.3 Å². The van der Waals surface area contributed by atoms with Gasteiger partial charge in [0.1, 0.15) is 11.1 Å². The normalized spacial score (nSPS) is 19.5. The summed E-state index contributed by atoms with van der Waals surface area (Å²) in [5, 5.41) is 14.8. The molecule has 8 nitrogen and oxygen atoms in total. The van der Waals surface area contributed by atoms with Gasteiger partial charge in [-0.1, -0.05) is 17.9 Å². The Bertz CT molecular complexity index is 1200. The molecule has 4 rings (SSSR count). The lowest BCUT2D eigenvalue weighted by molar-refractivity contribution is 0.0996. The van der Waals surface area contributed by atoms with Gasteiger partial charge in [-0.15, -0.1) is 0 Å². The second kappa shape index (κ2) is 6.64. The Kier molecular flexibility index (Phi) is 4.26. The van der Waals surface area contributed by atoms with Gasteiger partial charge in [0.15, 0.2) is 5.69 Å². The van der Waals surface area contributed by atoms with Crippen molar-refractivity contribution in [2.24, 2.45) is 5.73 Å². The summed E-state index contributed by atoms with van der Waals surface area (Å²) in [6, 6.07) is 10.2. The third-order valence-electron chi connectivity index (χ3n) is 4.76. The Labute approximate surface area is 160 Å². The number of carbonyl (C=O) groups excluding carboxylic acids is 1. The molecule has 1 saturated heterocycles. The Morgan fingerprint density at radius 2 is 2.18 bits per heavy atom. The number of amides is 1. The van der Waals surface area contributed by atoms with Crippen molar-refractivity contribution < 1.29 is 9.90 Å². The Balaban J connectivity index is 1.77. The van der Waals surface area contributed by atoms with Crippen LogP contribution < -0.4 is 11.3 Å². The summed E-state index contributed by atoms with van der Waals surface area (Å²) in [5.41, 5.74) is 6.25. The number of rotatable bonds is 2. The summed E-state index contributed by atoms with van der Waals surface area (Å²) < 4.78 is 1.54. The molecule has 8 heteroatoms. The van der Waals surface area contributed by atoms with Crippen molar-refractivity contribution in [2.45, 2.75) is 12.0 Å². The van der Waals surface area contributed by atoms with E-state index in [1.165, 1.54) is 10.7 Å². The van der Waals surface area contributed by atoms with Crippen molar-refractivity contribution in [1.82, 2.24) is 19.7 Å². The van der Waals surface area contributed by atoms with Crippen LogP contribution in [0.1, 0.15) is 22.5 Å². The number of aromatic nitrogens is 3. The summed E-state index contributed by atoms with van der Waals surface area (Å²) in [6.45, 7) is 1.32. The van der Waals surface area contributed by atoms with Crippen molar-refractivity contribution in [1.29, 1.82) is 0 Å².